The van der Waals surface area contributed by atoms with E-state index in [4.69, 9.17) is 29.9 Å². The molecular formula is C27H34O10. The van der Waals surface area contributed by atoms with Crippen LogP contribution in [0.25, 0.3) is 0 Å². The Hall–Kier alpha value is -4.08. The summed E-state index contributed by atoms with van der Waals surface area (Å²) >= 11 is 0. The van der Waals surface area contributed by atoms with Crippen molar-refractivity contribution in [2.24, 2.45) is 0 Å². The highest BCUT2D eigenvalue weighted by Gasteiger charge is 2.18. The Morgan fingerprint density at radius 2 is 0.973 bits per heavy atom. The fourth-order valence-corrected chi connectivity index (χ4v) is 3.23. The van der Waals surface area contributed by atoms with Gasteiger partial charge in [-0.1, -0.05) is 56.9 Å². The number of hydrogen-bond donors (Lipinski definition) is 4. The number of carboxylic acids is 4. The van der Waals surface area contributed by atoms with Gasteiger partial charge in [-0.05, 0) is 37.1 Å². The minimum Gasteiger partial charge on any atom is -0.481 e. The molecule has 10 nitrogen and oxygen atoms in total. The lowest BCUT2D eigenvalue weighted by molar-refractivity contribution is -0.138. The van der Waals surface area contributed by atoms with Gasteiger partial charge in [-0.3, -0.25) is 9.59 Å². The molecule has 4 N–H and O–H groups in total. The average molecular weight is 519 g/mol. The summed E-state index contributed by atoms with van der Waals surface area (Å²) in [5.41, 5.74) is 0.0298. The van der Waals surface area contributed by atoms with Crippen molar-refractivity contribution in [1.29, 1.82) is 0 Å². The van der Waals surface area contributed by atoms with Gasteiger partial charge in [-0.25, -0.2) is 9.59 Å². The fourth-order valence-electron chi connectivity index (χ4n) is 3.23. The average Bonchev–Trinajstić information content (AvgIpc) is 2.85. The van der Waals surface area contributed by atoms with Crippen LogP contribution in [0.1, 0.15) is 85.4 Å². The maximum Gasteiger partial charge on any atom is 0.339 e. The van der Waals surface area contributed by atoms with Gasteiger partial charge >= 0.3 is 23.9 Å². The zero-order chi connectivity index (χ0) is 27.6. The molecule has 2 rings (SSSR count). The maximum atomic E-state index is 11.2. The molecule has 0 aliphatic heterocycles. The first kappa shape index (κ1) is 31.0. The van der Waals surface area contributed by atoms with E-state index in [1.807, 2.05) is 0 Å². The molecule has 0 saturated heterocycles. The molecule has 37 heavy (non-hydrogen) atoms. The van der Waals surface area contributed by atoms with Crippen molar-refractivity contribution >= 4 is 23.9 Å². The Bertz CT molecular complexity index is 938. The quantitative estimate of drug-likeness (QED) is 0.163. The molecule has 0 spiro atoms. The summed E-state index contributed by atoms with van der Waals surface area (Å²) in [6.07, 6.45) is 5.42. The number of aromatic carboxylic acids is 2. The van der Waals surface area contributed by atoms with Crippen LogP contribution in [0.2, 0.25) is 0 Å². The number of aliphatic carboxylic acids is 2. The highest BCUT2D eigenvalue weighted by molar-refractivity contribution is 5.91. The minimum absolute atomic E-state index is 0.0149. The number of rotatable bonds is 16. The van der Waals surface area contributed by atoms with Crippen LogP contribution in [0.3, 0.4) is 0 Å². The first-order valence-electron chi connectivity index (χ1n) is 12.1. The van der Waals surface area contributed by atoms with Gasteiger partial charge in [0.15, 0.2) is 0 Å². The number of ether oxygens (including phenoxy) is 2. The van der Waals surface area contributed by atoms with E-state index >= 15 is 0 Å². The first-order chi connectivity index (χ1) is 17.6. The van der Waals surface area contributed by atoms with E-state index in [1.54, 1.807) is 31.2 Å². The van der Waals surface area contributed by atoms with Gasteiger partial charge in [-0.15, -0.1) is 0 Å². The van der Waals surface area contributed by atoms with Crippen LogP contribution in [-0.2, 0) is 9.59 Å². The molecule has 0 bridgehead atoms. The Balaban J connectivity index is 0.000000422. The van der Waals surface area contributed by atoms with Crippen LogP contribution in [0.5, 0.6) is 11.5 Å². The Kier molecular flexibility index (Phi) is 14.5. The van der Waals surface area contributed by atoms with Gasteiger partial charge in [-0.2, -0.15) is 0 Å². The monoisotopic (exact) mass is 518 g/mol. The van der Waals surface area contributed by atoms with Crippen LogP contribution in [-0.4, -0.2) is 50.6 Å². The van der Waals surface area contributed by atoms with E-state index in [1.165, 1.54) is 24.3 Å². The SMILES string of the molecule is CCC(Oc1ccccc1C(=O)O)Oc1ccccc1C(=O)O.O=C(O)CCCCCCCCC(=O)O. The van der Waals surface area contributed by atoms with Gasteiger partial charge in [0, 0.05) is 19.3 Å². The van der Waals surface area contributed by atoms with Gasteiger partial charge in [0.25, 0.3) is 0 Å². The lowest BCUT2D eigenvalue weighted by Gasteiger charge is -2.21. The Labute approximate surface area is 215 Å². The molecule has 0 unspecified atom stereocenters. The van der Waals surface area contributed by atoms with Gasteiger partial charge in [0.1, 0.15) is 22.6 Å². The second-order valence-electron chi connectivity index (χ2n) is 8.08. The molecule has 2 aromatic carbocycles. The Morgan fingerprint density at radius 3 is 1.30 bits per heavy atom. The predicted octanol–water partition coefficient (Wildman–Crippen LogP) is 5.55. The van der Waals surface area contributed by atoms with E-state index in [0.717, 1.165) is 38.5 Å². The van der Waals surface area contributed by atoms with Crippen molar-refractivity contribution in [3.05, 3.63) is 59.7 Å². The van der Waals surface area contributed by atoms with Gasteiger partial charge in [0.2, 0.25) is 6.29 Å². The third-order valence-corrected chi connectivity index (χ3v) is 5.12. The van der Waals surface area contributed by atoms with E-state index in [0.29, 0.717) is 6.42 Å². The molecule has 0 atom stereocenters. The topological polar surface area (TPSA) is 168 Å². The van der Waals surface area contributed by atoms with Crippen LogP contribution < -0.4 is 9.47 Å². The van der Waals surface area contributed by atoms with Crippen molar-refractivity contribution in [3.8, 4) is 11.5 Å². The molecular weight excluding hydrogens is 484 g/mol. The summed E-state index contributed by atoms with van der Waals surface area (Å²) in [5.74, 6) is -3.37. The van der Waals surface area contributed by atoms with E-state index in [2.05, 4.69) is 0 Å². The molecule has 0 heterocycles. The predicted molar refractivity (Wildman–Crippen MR) is 134 cm³/mol. The third kappa shape index (κ3) is 13.0. The zero-order valence-corrected chi connectivity index (χ0v) is 20.8. The maximum absolute atomic E-state index is 11.2. The summed E-state index contributed by atoms with van der Waals surface area (Å²) in [6, 6.07) is 12.4. The second-order valence-corrected chi connectivity index (χ2v) is 8.08. The summed E-state index contributed by atoms with van der Waals surface area (Å²) in [5, 5.41) is 35.0. The van der Waals surface area contributed by atoms with E-state index < -0.39 is 30.2 Å². The van der Waals surface area contributed by atoms with Crippen LogP contribution in [0.15, 0.2) is 48.5 Å². The number of hydrogen-bond acceptors (Lipinski definition) is 6. The molecule has 10 heteroatoms. The van der Waals surface area contributed by atoms with Crippen molar-refractivity contribution in [3.63, 3.8) is 0 Å². The van der Waals surface area contributed by atoms with Crippen LogP contribution >= 0.6 is 0 Å². The highest BCUT2D eigenvalue weighted by atomic mass is 16.7. The summed E-state index contributed by atoms with van der Waals surface area (Å²) in [6.45, 7) is 1.79. The van der Waals surface area contributed by atoms with Crippen molar-refractivity contribution < 1.29 is 49.1 Å². The fraction of sp³-hybridized carbons (Fsp3) is 0.407. The van der Waals surface area contributed by atoms with E-state index in [9.17, 15) is 19.2 Å². The molecule has 0 radical (unpaired) electrons. The zero-order valence-electron chi connectivity index (χ0n) is 20.8. The Morgan fingerprint density at radius 1 is 0.622 bits per heavy atom. The smallest absolute Gasteiger partial charge is 0.339 e. The summed E-state index contributed by atoms with van der Waals surface area (Å²) in [4.78, 5) is 42.7. The lowest BCUT2D eigenvalue weighted by Crippen LogP contribution is -2.24. The molecule has 202 valence electrons. The standard InChI is InChI=1S/C17H16O6.C10H18O4/c1-2-15(22-13-9-5-3-7-11(13)16(18)19)23-14-10-6-4-8-12(14)17(20)21;11-9(12)7-5-3-1-2-4-6-8-10(13)14/h3-10,15H,2H2,1H3,(H,18,19)(H,20,21);1-8H2,(H,11,12)(H,13,14). The number of para-hydroxylation sites is 2. The first-order valence-corrected chi connectivity index (χ1v) is 12.1. The molecule has 2 aromatic rings. The third-order valence-electron chi connectivity index (χ3n) is 5.12. The molecule has 0 amide bonds. The molecule has 0 aromatic heterocycles. The minimum atomic E-state index is -1.11. The normalized spacial score (nSPS) is 10.2. The number of carboxylic acid groups (broad SMARTS) is 4. The van der Waals surface area contributed by atoms with Crippen LogP contribution in [0.4, 0.5) is 0 Å². The molecule has 0 aliphatic rings. The lowest BCUT2D eigenvalue weighted by atomic mass is 10.1. The van der Waals surface area contributed by atoms with Gasteiger partial charge < -0.3 is 29.9 Å². The molecule has 0 aliphatic carbocycles. The number of carbonyl (C=O) groups is 4. The second kappa shape index (κ2) is 17.4. The van der Waals surface area contributed by atoms with Gasteiger partial charge in [0.05, 0.1) is 0 Å². The highest BCUT2D eigenvalue weighted by Crippen LogP contribution is 2.24. The molecule has 0 fully saturated rings. The number of benzene rings is 2. The summed E-state index contributed by atoms with van der Waals surface area (Å²) < 4.78 is 11.2. The summed E-state index contributed by atoms with van der Waals surface area (Å²) in [7, 11) is 0. The van der Waals surface area contributed by atoms with E-state index in [-0.39, 0.29) is 35.5 Å². The molecule has 0 saturated carbocycles. The largest absolute Gasteiger partial charge is 0.481 e. The van der Waals surface area contributed by atoms with Crippen LogP contribution in [0, 0.1) is 0 Å². The number of unbranched alkanes of at least 4 members (excludes halogenated alkanes) is 5. The van der Waals surface area contributed by atoms with Crippen molar-refractivity contribution in [1.82, 2.24) is 0 Å². The van der Waals surface area contributed by atoms with Crippen molar-refractivity contribution in [2.75, 3.05) is 0 Å². The van der Waals surface area contributed by atoms with Crippen molar-refractivity contribution in [2.45, 2.75) is 71.0 Å².